The molecule has 0 atom stereocenters. The summed E-state index contributed by atoms with van der Waals surface area (Å²) >= 11 is 0. The van der Waals surface area contributed by atoms with Gasteiger partial charge in [0.2, 0.25) is 0 Å². The Morgan fingerprint density at radius 3 is 2.30 bits per heavy atom. The third kappa shape index (κ3) is 2.84. The number of aromatic hydroxyl groups is 1. The summed E-state index contributed by atoms with van der Waals surface area (Å²) in [6, 6.07) is 10.0. The molecule has 6 heteroatoms. The number of rotatable bonds is 2. The van der Waals surface area contributed by atoms with E-state index >= 15 is 0 Å². The van der Waals surface area contributed by atoms with Crippen molar-refractivity contribution in [2.24, 2.45) is 0 Å². The van der Waals surface area contributed by atoms with Crippen LogP contribution in [0.5, 0.6) is 5.75 Å². The van der Waals surface area contributed by atoms with Crippen molar-refractivity contribution >= 4 is 11.0 Å². The zero-order valence-corrected chi connectivity index (χ0v) is 12.2. The van der Waals surface area contributed by atoms with Gasteiger partial charge in [-0.25, -0.2) is 9.97 Å². The van der Waals surface area contributed by atoms with Crippen molar-refractivity contribution in [3.63, 3.8) is 0 Å². The van der Waals surface area contributed by atoms with Crippen LogP contribution < -0.4 is 0 Å². The lowest BCUT2D eigenvalue weighted by Crippen LogP contribution is -2.08. The fourth-order valence-electron chi connectivity index (χ4n) is 2.44. The third-order valence-electron chi connectivity index (χ3n) is 3.55. The minimum atomic E-state index is -4.49. The first-order valence-corrected chi connectivity index (χ1v) is 7.06. The maximum Gasteiger partial charge on any atom is 0.418 e. The number of alkyl halides is 3. The van der Waals surface area contributed by atoms with Gasteiger partial charge in [-0.2, -0.15) is 13.2 Å². The highest BCUT2D eigenvalue weighted by Crippen LogP contribution is 2.35. The lowest BCUT2D eigenvalue weighted by molar-refractivity contribution is -0.136. The SMILES string of the molecule is CCc1nc2cccc(C(F)(F)F)c2nc1-c1ccc(O)cc1. The minimum Gasteiger partial charge on any atom is -0.508 e. The largest absolute Gasteiger partial charge is 0.508 e. The summed E-state index contributed by atoms with van der Waals surface area (Å²) in [6.07, 6.45) is -3.95. The summed E-state index contributed by atoms with van der Waals surface area (Å²) < 4.78 is 39.6. The molecule has 0 unspecified atom stereocenters. The van der Waals surface area contributed by atoms with Crippen LogP contribution in [0.2, 0.25) is 0 Å². The average Bonchev–Trinajstić information content (AvgIpc) is 2.53. The van der Waals surface area contributed by atoms with Crippen LogP contribution in [-0.2, 0) is 12.6 Å². The van der Waals surface area contributed by atoms with E-state index in [1.165, 1.54) is 24.3 Å². The number of hydrogen-bond donors (Lipinski definition) is 1. The Hall–Kier alpha value is -2.63. The van der Waals surface area contributed by atoms with Gasteiger partial charge < -0.3 is 5.11 Å². The Morgan fingerprint density at radius 1 is 1.00 bits per heavy atom. The van der Waals surface area contributed by atoms with Gasteiger partial charge in [0, 0.05) is 5.56 Å². The summed E-state index contributed by atoms with van der Waals surface area (Å²) in [5, 5.41) is 9.37. The number of nitrogens with zero attached hydrogens (tertiary/aromatic N) is 2. The molecular formula is C17H13F3N2O. The second kappa shape index (κ2) is 5.53. The number of phenols is 1. The summed E-state index contributed by atoms with van der Waals surface area (Å²) in [6.45, 7) is 1.87. The van der Waals surface area contributed by atoms with Crippen molar-refractivity contribution in [2.45, 2.75) is 19.5 Å². The maximum absolute atomic E-state index is 13.2. The molecule has 0 fully saturated rings. The molecule has 0 aliphatic carbocycles. The molecule has 0 saturated heterocycles. The van der Waals surface area contributed by atoms with Crippen LogP contribution in [0.25, 0.3) is 22.3 Å². The summed E-state index contributed by atoms with van der Waals surface area (Å²) in [7, 11) is 0. The van der Waals surface area contributed by atoms with Crippen molar-refractivity contribution in [3.8, 4) is 17.0 Å². The van der Waals surface area contributed by atoms with Crippen LogP contribution in [0, 0.1) is 0 Å². The molecule has 1 aromatic heterocycles. The molecule has 3 rings (SSSR count). The van der Waals surface area contributed by atoms with Gasteiger partial charge in [-0.15, -0.1) is 0 Å². The number of aromatic nitrogens is 2. The predicted molar refractivity (Wildman–Crippen MR) is 81.0 cm³/mol. The molecule has 23 heavy (non-hydrogen) atoms. The van der Waals surface area contributed by atoms with Gasteiger partial charge in [-0.1, -0.05) is 13.0 Å². The molecule has 0 spiro atoms. The molecule has 0 amide bonds. The zero-order valence-electron chi connectivity index (χ0n) is 12.2. The number of aryl methyl sites for hydroxylation is 1. The Bertz CT molecular complexity index is 858. The average molecular weight is 318 g/mol. The maximum atomic E-state index is 13.2. The van der Waals surface area contributed by atoms with Crippen LogP contribution in [0.1, 0.15) is 18.2 Å². The first-order chi connectivity index (χ1) is 10.9. The van der Waals surface area contributed by atoms with Crippen molar-refractivity contribution in [1.29, 1.82) is 0 Å². The van der Waals surface area contributed by atoms with E-state index in [1.807, 2.05) is 6.92 Å². The van der Waals surface area contributed by atoms with E-state index in [9.17, 15) is 18.3 Å². The molecule has 0 aliphatic heterocycles. The van der Waals surface area contributed by atoms with Crippen LogP contribution >= 0.6 is 0 Å². The van der Waals surface area contributed by atoms with Crippen molar-refractivity contribution in [3.05, 3.63) is 53.7 Å². The van der Waals surface area contributed by atoms with Gasteiger partial charge in [-0.3, -0.25) is 0 Å². The van der Waals surface area contributed by atoms with Crippen LogP contribution in [0.3, 0.4) is 0 Å². The van der Waals surface area contributed by atoms with E-state index in [0.717, 1.165) is 6.07 Å². The van der Waals surface area contributed by atoms with Gasteiger partial charge in [0.25, 0.3) is 0 Å². The molecule has 1 heterocycles. The summed E-state index contributed by atoms with van der Waals surface area (Å²) in [5.41, 5.74) is 0.884. The van der Waals surface area contributed by atoms with Gasteiger partial charge in [0.1, 0.15) is 11.3 Å². The highest BCUT2D eigenvalue weighted by Gasteiger charge is 2.33. The first-order valence-electron chi connectivity index (χ1n) is 7.06. The molecule has 3 nitrogen and oxygen atoms in total. The molecular weight excluding hydrogens is 305 g/mol. The highest BCUT2D eigenvalue weighted by atomic mass is 19.4. The number of para-hydroxylation sites is 1. The Morgan fingerprint density at radius 2 is 1.70 bits per heavy atom. The minimum absolute atomic E-state index is 0.0801. The van der Waals surface area contributed by atoms with Gasteiger partial charge in [0.05, 0.1) is 22.5 Å². The van der Waals surface area contributed by atoms with Crippen LogP contribution in [0.15, 0.2) is 42.5 Å². The van der Waals surface area contributed by atoms with Crippen LogP contribution in [0.4, 0.5) is 13.2 Å². The topological polar surface area (TPSA) is 46.0 Å². The Kier molecular flexibility index (Phi) is 3.67. The summed E-state index contributed by atoms with van der Waals surface area (Å²) in [5.74, 6) is 0.0801. The van der Waals surface area contributed by atoms with Crippen molar-refractivity contribution in [2.75, 3.05) is 0 Å². The normalized spacial score (nSPS) is 11.8. The Balaban J connectivity index is 2.30. The number of hydrogen-bond acceptors (Lipinski definition) is 3. The van der Waals surface area contributed by atoms with Gasteiger partial charge in [0.15, 0.2) is 0 Å². The predicted octanol–water partition coefficient (Wildman–Crippen LogP) is 4.58. The molecule has 0 radical (unpaired) electrons. The van der Waals surface area contributed by atoms with Crippen LogP contribution in [-0.4, -0.2) is 15.1 Å². The van der Waals surface area contributed by atoms with E-state index in [0.29, 0.717) is 23.4 Å². The third-order valence-corrected chi connectivity index (χ3v) is 3.55. The number of benzene rings is 2. The van der Waals surface area contributed by atoms with E-state index < -0.39 is 11.7 Å². The zero-order chi connectivity index (χ0) is 16.6. The Labute approximate surface area is 130 Å². The number of fused-ring (bicyclic) bond motifs is 1. The monoisotopic (exact) mass is 318 g/mol. The molecule has 2 aromatic carbocycles. The quantitative estimate of drug-likeness (QED) is 0.752. The first kappa shape index (κ1) is 15.3. The second-order valence-electron chi connectivity index (χ2n) is 5.09. The molecule has 0 bridgehead atoms. The van der Waals surface area contributed by atoms with E-state index in [1.54, 1.807) is 12.1 Å². The lowest BCUT2D eigenvalue weighted by atomic mass is 10.1. The number of halogens is 3. The van der Waals surface area contributed by atoms with Gasteiger partial charge >= 0.3 is 6.18 Å². The molecule has 0 saturated carbocycles. The van der Waals surface area contributed by atoms with Crippen molar-refractivity contribution in [1.82, 2.24) is 9.97 Å². The fourth-order valence-corrected chi connectivity index (χ4v) is 2.44. The van der Waals surface area contributed by atoms with Gasteiger partial charge in [-0.05, 0) is 42.8 Å². The standard InChI is InChI=1S/C17H13F3N2O/c1-2-13-15(10-6-8-11(23)9-7-10)22-16-12(17(18,19)20)4-3-5-14(16)21-13/h3-9,23H,2H2,1H3. The van der Waals surface area contributed by atoms with E-state index in [4.69, 9.17) is 0 Å². The number of phenolic OH excluding ortho intramolecular Hbond substituents is 1. The molecule has 118 valence electrons. The van der Waals surface area contributed by atoms with Crippen molar-refractivity contribution < 1.29 is 18.3 Å². The van der Waals surface area contributed by atoms with E-state index in [-0.39, 0.29) is 16.8 Å². The smallest absolute Gasteiger partial charge is 0.418 e. The van der Waals surface area contributed by atoms with E-state index in [2.05, 4.69) is 9.97 Å². The fraction of sp³-hybridized carbons (Fsp3) is 0.176. The highest BCUT2D eigenvalue weighted by molar-refractivity contribution is 5.82. The second-order valence-corrected chi connectivity index (χ2v) is 5.09. The molecule has 1 N–H and O–H groups in total. The summed E-state index contributed by atoms with van der Waals surface area (Å²) in [4.78, 5) is 8.59. The molecule has 3 aromatic rings. The lowest BCUT2D eigenvalue weighted by Gasteiger charge is -2.13. The molecule has 0 aliphatic rings.